The van der Waals surface area contributed by atoms with E-state index in [2.05, 4.69) is 0 Å². The quantitative estimate of drug-likeness (QED) is 0.883. The van der Waals surface area contributed by atoms with Gasteiger partial charge in [0.1, 0.15) is 17.5 Å². The number of aryl methyl sites for hydroxylation is 1. The zero-order chi connectivity index (χ0) is 14.2. The molecule has 5 heteroatoms. The van der Waals surface area contributed by atoms with Crippen molar-refractivity contribution < 1.29 is 13.2 Å². The molecule has 0 radical (unpaired) electrons. The molecule has 0 saturated heterocycles. The van der Waals surface area contributed by atoms with E-state index < -0.39 is 23.5 Å². The topological polar surface area (TPSA) is 26.0 Å². The maximum Gasteiger partial charge on any atom is 0.131 e. The highest BCUT2D eigenvalue weighted by atomic mass is 35.5. The van der Waals surface area contributed by atoms with Crippen LogP contribution in [0.2, 0.25) is 5.02 Å². The molecule has 0 saturated carbocycles. The van der Waals surface area contributed by atoms with Gasteiger partial charge in [-0.05, 0) is 36.2 Å². The first-order valence-corrected chi connectivity index (χ1v) is 5.94. The van der Waals surface area contributed by atoms with Gasteiger partial charge in [0, 0.05) is 16.7 Å². The molecular weight excluding hydrogens is 275 g/mol. The van der Waals surface area contributed by atoms with Crippen LogP contribution in [0.4, 0.5) is 13.2 Å². The normalized spacial score (nSPS) is 12.5. The van der Waals surface area contributed by atoms with E-state index >= 15 is 0 Å². The van der Waals surface area contributed by atoms with Crippen LogP contribution in [-0.4, -0.2) is 0 Å². The van der Waals surface area contributed by atoms with Crippen LogP contribution in [0.5, 0.6) is 0 Å². The van der Waals surface area contributed by atoms with E-state index in [1.54, 1.807) is 0 Å². The van der Waals surface area contributed by atoms with E-state index in [-0.39, 0.29) is 16.1 Å². The maximum absolute atomic E-state index is 13.7. The molecule has 2 aromatic rings. The minimum absolute atomic E-state index is 0.105. The van der Waals surface area contributed by atoms with Crippen LogP contribution in [0.3, 0.4) is 0 Å². The molecule has 2 rings (SSSR count). The van der Waals surface area contributed by atoms with Gasteiger partial charge < -0.3 is 5.73 Å². The summed E-state index contributed by atoms with van der Waals surface area (Å²) in [5.74, 6) is -1.90. The molecule has 1 nitrogen and oxygen atoms in total. The van der Waals surface area contributed by atoms with Gasteiger partial charge in [0.15, 0.2) is 0 Å². The lowest BCUT2D eigenvalue weighted by Gasteiger charge is -2.16. The predicted octanol–water partition coefficient (Wildman–Crippen LogP) is 4.11. The smallest absolute Gasteiger partial charge is 0.131 e. The fraction of sp³-hybridized carbons (Fsp3) is 0.143. The van der Waals surface area contributed by atoms with Crippen molar-refractivity contribution in [1.29, 1.82) is 0 Å². The van der Waals surface area contributed by atoms with Gasteiger partial charge in [0.05, 0.1) is 6.04 Å². The molecule has 0 spiro atoms. The first-order valence-electron chi connectivity index (χ1n) is 5.56. The third-order valence-corrected chi connectivity index (χ3v) is 3.24. The number of rotatable bonds is 2. The Kier molecular flexibility index (Phi) is 3.83. The Hall–Kier alpha value is -1.52. The second-order valence-corrected chi connectivity index (χ2v) is 4.67. The summed E-state index contributed by atoms with van der Waals surface area (Å²) >= 11 is 5.88. The molecule has 0 bridgehead atoms. The lowest BCUT2D eigenvalue weighted by atomic mass is 9.97. The van der Waals surface area contributed by atoms with Crippen LogP contribution < -0.4 is 5.73 Å². The summed E-state index contributed by atoms with van der Waals surface area (Å²) < 4.78 is 39.9. The Bertz CT molecular complexity index is 628. The molecule has 0 amide bonds. The summed E-state index contributed by atoms with van der Waals surface area (Å²) in [7, 11) is 0. The van der Waals surface area contributed by atoms with Gasteiger partial charge in [0.25, 0.3) is 0 Å². The Labute approximate surface area is 113 Å². The van der Waals surface area contributed by atoms with Crippen LogP contribution in [0.15, 0.2) is 30.3 Å². The molecule has 2 N–H and O–H groups in total. The number of benzene rings is 2. The number of nitrogens with two attached hydrogens (primary N) is 1. The Morgan fingerprint density at radius 3 is 2.32 bits per heavy atom. The van der Waals surface area contributed by atoms with Crippen LogP contribution in [0.1, 0.15) is 22.7 Å². The van der Waals surface area contributed by atoms with E-state index in [9.17, 15) is 13.2 Å². The fourth-order valence-corrected chi connectivity index (χ4v) is 2.12. The average Bonchev–Trinajstić information content (AvgIpc) is 2.33. The minimum Gasteiger partial charge on any atom is -0.320 e. The van der Waals surface area contributed by atoms with Crippen LogP contribution in [0.25, 0.3) is 0 Å². The molecule has 2 aromatic carbocycles. The molecule has 0 aliphatic heterocycles. The van der Waals surface area contributed by atoms with Crippen molar-refractivity contribution in [2.75, 3.05) is 0 Å². The summed E-state index contributed by atoms with van der Waals surface area (Å²) in [5.41, 5.74) is 6.70. The standard InChI is InChI=1S/C14H11ClF3N/c1-7-4-10(13(18)6-12(7)17)14(19)9-3-2-8(16)5-11(9)15/h2-6,14H,19H2,1H3. The first kappa shape index (κ1) is 13.9. The number of hydrogen-bond acceptors (Lipinski definition) is 1. The maximum atomic E-state index is 13.7. The van der Waals surface area contributed by atoms with Gasteiger partial charge in [-0.15, -0.1) is 0 Å². The fourth-order valence-electron chi connectivity index (χ4n) is 1.84. The summed E-state index contributed by atoms with van der Waals surface area (Å²) in [6.45, 7) is 1.51. The van der Waals surface area contributed by atoms with Gasteiger partial charge in [-0.3, -0.25) is 0 Å². The molecule has 19 heavy (non-hydrogen) atoms. The Balaban J connectivity index is 2.49. The first-order chi connectivity index (χ1) is 8.90. The van der Waals surface area contributed by atoms with Gasteiger partial charge >= 0.3 is 0 Å². The van der Waals surface area contributed by atoms with E-state index in [0.29, 0.717) is 5.56 Å². The second kappa shape index (κ2) is 5.23. The van der Waals surface area contributed by atoms with Crippen molar-refractivity contribution in [3.05, 3.63) is 69.5 Å². The summed E-state index contributed by atoms with van der Waals surface area (Å²) in [5, 5.41) is 0.105. The van der Waals surface area contributed by atoms with Crippen molar-refractivity contribution >= 4 is 11.6 Å². The third-order valence-electron chi connectivity index (χ3n) is 2.91. The van der Waals surface area contributed by atoms with Gasteiger partial charge in [-0.25, -0.2) is 13.2 Å². The molecule has 0 fully saturated rings. The highest BCUT2D eigenvalue weighted by Gasteiger charge is 2.18. The SMILES string of the molecule is Cc1cc(C(N)c2ccc(F)cc2Cl)c(F)cc1F. The molecule has 0 heterocycles. The molecule has 100 valence electrons. The van der Waals surface area contributed by atoms with E-state index in [1.165, 1.54) is 25.1 Å². The molecule has 0 aromatic heterocycles. The zero-order valence-corrected chi connectivity index (χ0v) is 10.8. The molecule has 1 atom stereocenters. The zero-order valence-electron chi connectivity index (χ0n) is 10.1. The van der Waals surface area contributed by atoms with Crippen LogP contribution >= 0.6 is 11.6 Å². The molecule has 0 aliphatic rings. The van der Waals surface area contributed by atoms with E-state index in [4.69, 9.17) is 17.3 Å². The van der Waals surface area contributed by atoms with Crippen molar-refractivity contribution in [2.24, 2.45) is 5.73 Å². The predicted molar refractivity (Wildman–Crippen MR) is 68.5 cm³/mol. The van der Waals surface area contributed by atoms with Crippen LogP contribution in [0, 0.1) is 24.4 Å². The summed E-state index contributed by atoms with van der Waals surface area (Å²) in [6.07, 6.45) is 0. The summed E-state index contributed by atoms with van der Waals surface area (Å²) in [4.78, 5) is 0. The molecular formula is C14H11ClF3N. The summed E-state index contributed by atoms with van der Waals surface area (Å²) in [6, 6.07) is 4.91. The van der Waals surface area contributed by atoms with Crippen LogP contribution in [-0.2, 0) is 0 Å². The van der Waals surface area contributed by atoms with E-state index in [0.717, 1.165) is 12.1 Å². The van der Waals surface area contributed by atoms with Gasteiger partial charge in [-0.1, -0.05) is 17.7 Å². The van der Waals surface area contributed by atoms with Crippen molar-refractivity contribution in [1.82, 2.24) is 0 Å². The second-order valence-electron chi connectivity index (χ2n) is 4.27. The monoisotopic (exact) mass is 285 g/mol. The highest BCUT2D eigenvalue weighted by Crippen LogP contribution is 2.29. The number of hydrogen-bond donors (Lipinski definition) is 1. The van der Waals surface area contributed by atoms with Crippen molar-refractivity contribution in [3.8, 4) is 0 Å². The largest absolute Gasteiger partial charge is 0.320 e. The lowest BCUT2D eigenvalue weighted by molar-refractivity contribution is 0.560. The third kappa shape index (κ3) is 2.74. The average molecular weight is 286 g/mol. The van der Waals surface area contributed by atoms with E-state index in [1.807, 2.05) is 0 Å². The Morgan fingerprint density at radius 2 is 1.68 bits per heavy atom. The lowest BCUT2D eigenvalue weighted by Crippen LogP contribution is -2.15. The van der Waals surface area contributed by atoms with Crippen molar-refractivity contribution in [3.63, 3.8) is 0 Å². The number of halogens is 4. The van der Waals surface area contributed by atoms with Gasteiger partial charge in [-0.2, -0.15) is 0 Å². The van der Waals surface area contributed by atoms with Gasteiger partial charge in [0.2, 0.25) is 0 Å². The minimum atomic E-state index is -0.882. The highest BCUT2D eigenvalue weighted by molar-refractivity contribution is 6.31. The molecule has 0 aliphatic carbocycles. The van der Waals surface area contributed by atoms with Crippen molar-refractivity contribution in [2.45, 2.75) is 13.0 Å². The molecule has 1 unspecified atom stereocenters. The Morgan fingerprint density at radius 1 is 1.00 bits per heavy atom.